The SMILES string of the molecule is O=C1[C@@H]2[C@H](C(=O)N1/N=C\c1cc(I)c(OCc3cccc4ccccc34)c(I)c1)[C@@H]1C=C[C@H]2CC1. The highest BCUT2D eigenvalue weighted by atomic mass is 127. The molecule has 35 heavy (non-hydrogen) atoms. The molecule has 2 bridgehead atoms. The fourth-order valence-corrected chi connectivity index (χ4v) is 7.78. The molecule has 0 N–H and O–H groups in total. The van der Waals surface area contributed by atoms with E-state index in [0.29, 0.717) is 6.61 Å². The zero-order valence-electron chi connectivity index (χ0n) is 18.7. The van der Waals surface area contributed by atoms with Crippen molar-refractivity contribution in [3.8, 4) is 5.75 Å². The Balaban J connectivity index is 1.20. The Bertz CT molecular complexity index is 1360. The molecular formula is C28H22I2N2O3. The van der Waals surface area contributed by atoms with E-state index in [9.17, 15) is 9.59 Å². The first-order valence-corrected chi connectivity index (χ1v) is 13.9. The second-order valence-corrected chi connectivity index (χ2v) is 11.6. The number of amides is 2. The minimum absolute atomic E-state index is 0.158. The van der Waals surface area contributed by atoms with Crippen LogP contribution in [0.5, 0.6) is 5.75 Å². The van der Waals surface area contributed by atoms with Gasteiger partial charge in [0.05, 0.1) is 25.2 Å². The summed E-state index contributed by atoms with van der Waals surface area (Å²) in [4.78, 5) is 26.0. The molecule has 2 amide bonds. The summed E-state index contributed by atoms with van der Waals surface area (Å²) in [5, 5.41) is 7.84. The monoisotopic (exact) mass is 688 g/mol. The van der Waals surface area contributed by atoms with Crippen molar-refractivity contribution < 1.29 is 14.3 Å². The number of halogens is 2. The van der Waals surface area contributed by atoms with Gasteiger partial charge in [0.1, 0.15) is 12.4 Å². The van der Waals surface area contributed by atoms with Crippen molar-refractivity contribution in [1.29, 1.82) is 0 Å². The van der Waals surface area contributed by atoms with Crippen LogP contribution in [-0.4, -0.2) is 23.0 Å². The number of benzene rings is 3. The van der Waals surface area contributed by atoms with Gasteiger partial charge in [-0.05, 0) is 104 Å². The topological polar surface area (TPSA) is 59.0 Å². The number of fused-ring (bicyclic) bond motifs is 2. The molecule has 176 valence electrons. The molecule has 7 heteroatoms. The standard InChI is InChI=1S/C28H22I2N2O3/c29-22-12-16(14-31-32-27(33)24-18-8-9-19(11-10-18)25(24)28(32)34)13-23(30)26(22)35-15-20-6-3-5-17-4-1-2-7-21(17)20/h1-9,12-14,18-19,24-25H,10-11,15H2/b31-14-/t18-,19+,24-,25+. The Morgan fingerprint density at radius 1 is 0.914 bits per heavy atom. The van der Waals surface area contributed by atoms with Crippen LogP contribution < -0.4 is 4.74 Å². The Kier molecular flexibility index (Phi) is 6.16. The lowest BCUT2D eigenvalue weighted by atomic mass is 9.63. The molecule has 0 spiro atoms. The van der Waals surface area contributed by atoms with Crippen LogP contribution in [0.4, 0.5) is 0 Å². The molecular weight excluding hydrogens is 666 g/mol. The predicted molar refractivity (Wildman–Crippen MR) is 152 cm³/mol. The summed E-state index contributed by atoms with van der Waals surface area (Å²) in [7, 11) is 0. The molecule has 4 atom stereocenters. The highest BCUT2D eigenvalue weighted by Gasteiger charge is 2.56. The summed E-state index contributed by atoms with van der Waals surface area (Å²) in [5.41, 5.74) is 1.96. The number of imide groups is 1. The van der Waals surface area contributed by atoms with Gasteiger partial charge in [-0.15, -0.1) is 0 Å². The van der Waals surface area contributed by atoms with E-state index in [1.54, 1.807) is 6.21 Å². The van der Waals surface area contributed by atoms with Gasteiger partial charge in [-0.3, -0.25) is 9.59 Å². The lowest BCUT2D eigenvalue weighted by Crippen LogP contribution is -2.38. The zero-order chi connectivity index (χ0) is 24.1. The molecule has 3 aliphatic carbocycles. The number of carbonyl (C=O) groups is 2. The third-order valence-corrected chi connectivity index (χ3v) is 8.93. The van der Waals surface area contributed by atoms with Crippen molar-refractivity contribution in [1.82, 2.24) is 5.01 Å². The number of nitrogens with zero attached hydrogens (tertiary/aromatic N) is 2. The van der Waals surface area contributed by atoms with Gasteiger partial charge in [-0.25, -0.2) is 0 Å². The van der Waals surface area contributed by atoms with Gasteiger partial charge in [0, 0.05) is 0 Å². The second kappa shape index (κ2) is 9.31. The fraction of sp³-hybridized carbons (Fsp3) is 0.250. The molecule has 4 aliphatic rings. The predicted octanol–water partition coefficient (Wildman–Crippen LogP) is 6.16. The summed E-state index contributed by atoms with van der Waals surface area (Å²) < 4.78 is 8.14. The third kappa shape index (κ3) is 4.10. The molecule has 1 saturated heterocycles. The maximum Gasteiger partial charge on any atom is 0.254 e. The Labute approximate surface area is 230 Å². The summed E-state index contributed by atoms with van der Waals surface area (Å²) >= 11 is 4.52. The van der Waals surface area contributed by atoms with E-state index in [1.807, 2.05) is 24.3 Å². The average Bonchev–Trinajstić information content (AvgIpc) is 3.14. The van der Waals surface area contributed by atoms with Gasteiger partial charge in [0.15, 0.2) is 0 Å². The summed E-state index contributed by atoms with van der Waals surface area (Å²) in [5.74, 6) is 0.355. The Morgan fingerprint density at radius 3 is 2.20 bits per heavy atom. The van der Waals surface area contributed by atoms with E-state index >= 15 is 0 Å². The lowest BCUT2D eigenvalue weighted by molar-refractivity contribution is -0.140. The van der Waals surface area contributed by atoms with Gasteiger partial charge < -0.3 is 4.74 Å². The van der Waals surface area contributed by atoms with Gasteiger partial charge in [-0.1, -0.05) is 54.6 Å². The van der Waals surface area contributed by atoms with Gasteiger partial charge in [0.25, 0.3) is 11.8 Å². The molecule has 0 aromatic heterocycles. The number of allylic oxidation sites excluding steroid dienone is 2. The van der Waals surface area contributed by atoms with Crippen LogP contribution in [0.25, 0.3) is 10.8 Å². The average molecular weight is 688 g/mol. The highest BCUT2D eigenvalue weighted by molar-refractivity contribution is 14.1. The van der Waals surface area contributed by atoms with Crippen LogP contribution in [-0.2, 0) is 16.2 Å². The number of rotatable bonds is 5. The molecule has 3 aromatic carbocycles. The number of hydrazone groups is 1. The van der Waals surface area contributed by atoms with E-state index in [0.717, 1.165) is 41.9 Å². The number of ether oxygens (including phenoxy) is 1. The minimum Gasteiger partial charge on any atom is -0.487 e. The largest absolute Gasteiger partial charge is 0.487 e. The van der Waals surface area contributed by atoms with E-state index in [4.69, 9.17) is 4.74 Å². The quantitative estimate of drug-likeness (QED) is 0.140. The molecule has 3 aromatic rings. The molecule has 1 saturated carbocycles. The van der Waals surface area contributed by atoms with Crippen molar-refractivity contribution in [2.75, 3.05) is 0 Å². The molecule has 1 heterocycles. The summed E-state index contributed by atoms with van der Waals surface area (Å²) in [6.45, 7) is 0.469. The van der Waals surface area contributed by atoms with E-state index < -0.39 is 0 Å². The van der Waals surface area contributed by atoms with Gasteiger partial charge in [0.2, 0.25) is 0 Å². The van der Waals surface area contributed by atoms with Crippen LogP contribution >= 0.6 is 45.2 Å². The first kappa shape index (κ1) is 23.1. The zero-order valence-corrected chi connectivity index (χ0v) is 23.0. The summed E-state index contributed by atoms with van der Waals surface area (Å²) in [6, 6.07) is 18.5. The lowest BCUT2D eigenvalue weighted by Gasteiger charge is -2.37. The number of hydrogen-bond acceptors (Lipinski definition) is 4. The van der Waals surface area contributed by atoms with E-state index in [-0.39, 0.29) is 35.5 Å². The minimum atomic E-state index is -0.242. The molecule has 2 fully saturated rings. The Morgan fingerprint density at radius 2 is 1.54 bits per heavy atom. The molecule has 5 nitrogen and oxygen atoms in total. The van der Waals surface area contributed by atoms with E-state index in [1.165, 1.54) is 10.8 Å². The molecule has 0 radical (unpaired) electrons. The number of hydrogen-bond donors (Lipinski definition) is 0. The molecule has 1 aliphatic heterocycles. The fourth-order valence-electron chi connectivity index (χ4n) is 5.66. The maximum absolute atomic E-state index is 13.0. The highest BCUT2D eigenvalue weighted by Crippen LogP contribution is 2.49. The first-order valence-electron chi connectivity index (χ1n) is 11.7. The second-order valence-electron chi connectivity index (χ2n) is 9.31. The van der Waals surface area contributed by atoms with Crippen LogP contribution in [0.1, 0.15) is 24.0 Å². The smallest absolute Gasteiger partial charge is 0.254 e. The maximum atomic E-state index is 13.0. The Hall–Kier alpha value is -2.27. The van der Waals surface area contributed by atoms with Crippen LogP contribution in [0, 0.1) is 30.8 Å². The van der Waals surface area contributed by atoms with Gasteiger partial charge >= 0.3 is 0 Å². The van der Waals surface area contributed by atoms with Crippen molar-refractivity contribution in [3.63, 3.8) is 0 Å². The van der Waals surface area contributed by atoms with Crippen LogP contribution in [0.3, 0.4) is 0 Å². The van der Waals surface area contributed by atoms with Crippen LogP contribution in [0.2, 0.25) is 0 Å². The van der Waals surface area contributed by atoms with Crippen molar-refractivity contribution in [2.24, 2.45) is 28.8 Å². The van der Waals surface area contributed by atoms with E-state index in [2.05, 4.69) is 92.8 Å². The first-order chi connectivity index (χ1) is 17.0. The van der Waals surface area contributed by atoms with Crippen molar-refractivity contribution in [2.45, 2.75) is 19.4 Å². The normalized spacial score (nSPS) is 25.1. The third-order valence-electron chi connectivity index (χ3n) is 7.33. The van der Waals surface area contributed by atoms with Crippen molar-refractivity contribution in [3.05, 3.63) is 85.0 Å². The van der Waals surface area contributed by atoms with Gasteiger partial charge in [-0.2, -0.15) is 10.1 Å². The number of carbonyl (C=O) groups excluding carboxylic acids is 2. The van der Waals surface area contributed by atoms with Crippen LogP contribution in [0.15, 0.2) is 71.9 Å². The molecule has 7 rings (SSSR count). The van der Waals surface area contributed by atoms with Crippen molar-refractivity contribution >= 4 is 74.0 Å². The summed E-state index contributed by atoms with van der Waals surface area (Å²) in [6.07, 6.45) is 7.82. The molecule has 0 unspecified atom stereocenters.